The molecule has 1 rings (SSSR count). The third-order valence-electron chi connectivity index (χ3n) is 2.97. The second-order valence-corrected chi connectivity index (χ2v) is 4.50. The van der Waals surface area contributed by atoms with Gasteiger partial charge in [-0.15, -0.1) is 0 Å². The van der Waals surface area contributed by atoms with Crippen LogP contribution in [0.1, 0.15) is 25.5 Å². The molecule has 0 bridgehead atoms. The topological polar surface area (TPSA) is 90.5 Å². The van der Waals surface area contributed by atoms with Crippen molar-refractivity contribution in [2.24, 2.45) is 7.05 Å². The number of nitrogens with zero attached hydrogens (tertiary/aromatic N) is 4. The number of aryl methyl sites for hydroxylation is 2. The molecule has 8 nitrogen and oxygen atoms in total. The third-order valence-corrected chi connectivity index (χ3v) is 2.97. The van der Waals surface area contributed by atoms with E-state index in [0.29, 0.717) is 24.5 Å². The Hall–Kier alpha value is -2.12. The first-order valence-electron chi connectivity index (χ1n) is 6.40. The van der Waals surface area contributed by atoms with Crippen LogP contribution in [-0.4, -0.2) is 41.4 Å². The molecule has 8 heteroatoms. The first-order valence-corrected chi connectivity index (χ1v) is 6.40. The van der Waals surface area contributed by atoms with Crippen molar-refractivity contribution in [2.75, 3.05) is 25.6 Å². The molecule has 0 N–H and O–H groups in total. The van der Waals surface area contributed by atoms with Crippen molar-refractivity contribution in [3.05, 3.63) is 15.8 Å². The lowest BCUT2D eigenvalue weighted by atomic mass is 10.2. The highest BCUT2D eigenvalue weighted by Crippen LogP contribution is 2.31. The van der Waals surface area contributed by atoms with E-state index in [9.17, 15) is 14.9 Å². The molecule has 0 atom stereocenters. The average Bonchev–Trinajstić information content (AvgIpc) is 2.72. The summed E-state index contributed by atoms with van der Waals surface area (Å²) in [4.78, 5) is 23.7. The SMILES string of the molecule is CCCc1nn(C)c(N(C)CCC(=O)OC)c1[N+](=O)[O-]. The number of carbonyl (C=O) groups excluding carboxylic acids is 1. The Balaban J connectivity index is 3.03. The van der Waals surface area contributed by atoms with Crippen LogP contribution in [0.2, 0.25) is 0 Å². The van der Waals surface area contributed by atoms with E-state index in [1.807, 2.05) is 6.92 Å². The van der Waals surface area contributed by atoms with E-state index in [1.165, 1.54) is 11.8 Å². The second-order valence-electron chi connectivity index (χ2n) is 4.50. The first kappa shape index (κ1) is 15.9. The predicted octanol–water partition coefficient (Wildman–Crippen LogP) is 1.28. The fourth-order valence-corrected chi connectivity index (χ4v) is 2.05. The van der Waals surface area contributed by atoms with Gasteiger partial charge in [0.15, 0.2) is 0 Å². The Morgan fingerprint density at radius 1 is 1.55 bits per heavy atom. The summed E-state index contributed by atoms with van der Waals surface area (Å²) in [6.45, 7) is 2.28. The molecule has 0 spiro atoms. The van der Waals surface area contributed by atoms with Gasteiger partial charge in [0, 0.05) is 20.6 Å². The number of aromatic nitrogens is 2. The summed E-state index contributed by atoms with van der Waals surface area (Å²) in [5, 5.41) is 15.5. The van der Waals surface area contributed by atoms with E-state index in [0.717, 1.165) is 6.42 Å². The molecule has 0 aliphatic heterocycles. The summed E-state index contributed by atoms with van der Waals surface area (Å²) in [7, 11) is 4.67. The Labute approximate surface area is 117 Å². The molecular formula is C12H20N4O4. The van der Waals surface area contributed by atoms with Gasteiger partial charge in [-0.25, -0.2) is 4.68 Å². The molecule has 112 valence electrons. The van der Waals surface area contributed by atoms with Gasteiger partial charge in [-0.1, -0.05) is 13.3 Å². The van der Waals surface area contributed by atoms with Gasteiger partial charge in [0.05, 0.1) is 18.5 Å². The van der Waals surface area contributed by atoms with Crippen LogP contribution in [0.25, 0.3) is 0 Å². The summed E-state index contributed by atoms with van der Waals surface area (Å²) < 4.78 is 6.05. The van der Waals surface area contributed by atoms with Crippen LogP contribution in [0.5, 0.6) is 0 Å². The maximum atomic E-state index is 11.3. The molecule has 1 heterocycles. The lowest BCUT2D eigenvalue weighted by molar-refractivity contribution is -0.384. The van der Waals surface area contributed by atoms with E-state index in [2.05, 4.69) is 9.84 Å². The monoisotopic (exact) mass is 284 g/mol. The Bertz CT molecular complexity index is 498. The zero-order valence-electron chi connectivity index (χ0n) is 12.3. The molecule has 1 aromatic heterocycles. The predicted molar refractivity (Wildman–Crippen MR) is 73.8 cm³/mol. The minimum Gasteiger partial charge on any atom is -0.469 e. The number of anilines is 1. The average molecular weight is 284 g/mol. The van der Waals surface area contributed by atoms with E-state index in [4.69, 9.17) is 0 Å². The Morgan fingerprint density at radius 3 is 2.70 bits per heavy atom. The number of hydrogen-bond donors (Lipinski definition) is 0. The molecule has 0 unspecified atom stereocenters. The minimum atomic E-state index is -0.415. The lowest BCUT2D eigenvalue weighted by Gasteiger charge is -2.17. The molecule has 0 saturated heterocycles. The largest absolute Gasteiger partial charge is 0.469 e. The summed E-state index contributed by atoms with van der Waals surface area (Å²) in [6.07, 6.45) is 1.50. The smallest absolute Gasteiger partial charge is 0.334 e. The Morgan fingerprint density at radius 2 is 2.20 bits per heavy atom. The number of carbonyl (C=O) groups is 1. The highest BCUT2D eigenvalue weighted by atomic mass is 16.6. The van der Waals surface area contributed by atoms with Gasteiger partial charge in [-0.05, 0) is 6.42 Å². The second kappa shape index (κ2) is 6.88. The fourth-order valence-electron chi connectivity index (χ4n) is 2.05. The van der Waals surface area contributed by atoms with Crippen molar-refractivity contribution < 1.29 is 14.5 Å². The normalized spacial score (nSPS) is 10.4. The number of esters is 1. The number of rotatable bonds is 7. The molecule has 0 aliphatic rings. The zero-order valence-corrected chi connectivity index (χ0v) is 12.3. The van der Waals surface area contributed by atoms with Crippen molar-refractivity contribution in [1.82, 2.24) is 9.78 Å². The fraction of sp³-hybridized carbons (Fsp3) is 0.667. The molecule has 0 radical (unpaired) electrons. The molecule has 20 heavy (non-hydrogen) atoms. The first-order chi connectivity index (χ1) is 9.42. The van der Waals surface area contributed by atoms with Crippen LogP contribution in [0.15, 0.2) is 0 Å². The van der Waals surface area contributed by atoms with E-state index in [1.54, 1.807) is 19.0 Å². The molecule has 0 amide bonds. The van der Waals surface area contributed by atoms with Crippen LogP contribution in [0, 0.1) is 10.1 Å². The van der Waals surface area contributed by atoms with Crippen molar-refractivity contribution in [3.63, 3.8) is 0 Å². The zero-order chi connectivity index (χ0) is 15.3. The number of methoxy groups -OCH3 is 1. The number of ether oxygens (including phenoxy) is 1. The maximum Gasteiger partial charge on any atom is 0.334 e. The van der Waals surface area contributed by atoms with Gasteiger partial charge in [0.25, 0.3) is 0 Å². The van der Waals surface area contributed by atoms with Gasteiger partial charge in [0.2, 0.25) is 5.82 Å². The van der Waals surface area contributed by atoms with Crippen molar-refractivity contribution in [2.45, 2.75) is 26.2 Å². The molecule has 0 saturated carbocycles. The summed E-state index contributed by atoms with van der Waals surface area (Å²) >= 11 is 0. The van der Waals surface area contributed by atoms with Crippen LogP contribution in [0.4, 0.5) is 11.5 Å². The highest BCUT2D eigenvalue weighted by molar-refractivity contribution is 5.70. The van der Waals surface area contributed by atoms with Crippen molar-refractivity contribution in [3.8, 4) is 0 Å². The molecule has 0 aromatic carbocycles. The molecular weight excluding hydrogens is 264 g/mol. The van der Waals surface area contributed by atoms with Crippen LogP contribution in [0.3, 0.4) is 0 Å². The summed E-state index contributed by atoms with van der Waals surface area (Å²) in [5.41, 5.74) is 0.488. The van der Waals surface area contributed by atoms with Gasteiger partial charge in [0.1, 0.15) is 5.69 Å². The summed E-state index contributed by atoms with van der Waals surface area (Å²) in [6, 6.07) is 0. The molecule has 0 aliphatic carbocycles. The van der Waals surface area contributed by atoms with E-state index < -0.39 is 4.92 Å². The van der Waals surface area contributed by atoms with Gasteiger partial charge >= 0.3 is 11.7 Å². The van der Waals surface area contributed by atoms with Gasteiger partial charge < -0.3 is 9.64 Å². The number of nitro groups is 1. The van der Waals surface area contributed by atoms with Crippen LogP contribution in [-0.2, 0) is 23.0 Å². The third kappa shape index (κ3) is 3.46. The quantitative estimate of drug-likeness (QED) is 0.425. The molecule has 1 aromatic rings. The Kier molecular flexibility index (Phi) is 5.48. The standard InChI is InChI=1S/C12H20N4O4/c1-5-6-9-11(16(18)19)12(15(3)13-9)14(2)8-7-10(17)20-4/h5-8H2,1-4H3. The van der Waals surface area contributed by atoms with Gasteiger partial charge in [-0.3, -0.25) is 14.9 Å². The van der Waals surface area contributed by atoms with Gasteiger partial charge in [-0.2, -0.15) is 5.10 Å². The van der Waals surface area contributed by atoms with E-state index in [-0.39, 0.29) is 18.1 Å². The minimum absolute atomic E-state index is 0.0155. The van der Waals surface area contributed by atoms with Crippen LogP contribution < -0.4 is 4.90 Å². The summed E-state index contributed by atoms with van der Waals surface area (Å²) in [5.74, 6) is 0.0535. The van der Waals surface area contributed by atoms with Crippen LogP contribution >= 0.6 is 0 Å². The van der Waals surface area contributed by atoms with Crippen molar-refractivity contribution >= 4 is 17.5 Å². The molecule has 0 fully saturated rings. The highest BCUT2D eigenvalue weighted by Gasteiger charge is 2.28. The lowest BCUT2D eigenvalue weighted by Crippen LogP contribution is -2.24. The van der Waals surface area contributed by atoms with Crippen molar-refractivity contribution in [1.29, 1.82) is 0 Å². The number of hydrogen-bond acceptors (Lipinski definition) is 6. The van der Waals surface area contributed by atoms with E-state index >= 15 is 0 Å². The maximum absolute atomic E-state index is 11.3.